The van der Waals surface area contributed by atoms with E-state index in [4.69, 9.17) is 23.2 Å². The van der Waals surface area contributed by atoms with Crippen LogP contribution in [-0.2, 0) is 6.42 Å². The van der Waals surface area contributed by atoms with Crippen LogP contribution in [-0.4, -0.2) is 5.88 Å². The van der Waals surface area contributed by atoms with Crippen molar-refractivity contribution in [3.8, 4) is 0 Å². The second-order valence-corrected chi connectivity index (χ2v) is 8.22. The monoisotopic (exact) mass is 312 g/mol. The Morgan fingerprint density at radius 1 is 1.15 bits per heavy atom. The highest BCUT2D eigenvalue weighted by Crippen LogP contribution is 2.47. The Morgan fingerprint density at radius 2 is 1.75 bits per heavy atom. The van der Waals surface area contributed by atoms with E-state index >= 15 is 0 Å². The van der Waals surface area contributed by atoms with Gasteiger partial charge in [0.05, 0.1) is 0 Å². The van der Waals surface area contributed by atoms with Crippen molar-refractivity contribution in [2.24, 2.45) is 16.7 Å². The fourth-order valence-electron chi connectivity index (χ4n) is 3.50. The minimum atomic E-state index is 0.244. The van der Waals surface area contributed by atoms with E-state index in [2.05, 4.69) is 32.9 Å². The van der Waals surface area contributed by atoms with Gasteiger partial charge in [0.15, 0.2) is 0 Å². The SMILES string of the molecule is CC(C)(C)C1CCC(CCl)(Cc2ccccc2Cl)CC1. The van der Waals surface area contributed by atoms with Crippen LogP contribution >= 0.6 is 23.2 Å². The summed E-state index contributed by atoms with van der Waals surface area (Å²) in [5.41, 5.74) is 1.92. The molecule has 1 aromatic rings. The summed E-state index contributed by atoms with van der Waals surface area (Å²) in [5, 5.41) is 0.884. The number of benzene rings is 1. The van der Waals surface area contributed by atoms with Gasteiger partial charge in [-0.25, -0.2) is 0 Å². The van der Waals surface area contributed by atoms with Gasteiger partial charge < -0.3 is 0 Å². The Balaban J connectivity index is 2.08. The summed E-state index contributed by atoms with van der Waals surface area (Å²) < 4.78 is 0. The van der Waals surface area contributed by atoms with E-state index in [0.29, 0.717) is 5.41 Å². The van der Waals surface area contributed by atoms with Crippen molar-refractivity contribution in [1.29, 1.82) is 0 Å². The van der Waals surface area contributed by atoms with Crippen LogP contribution in [0.1, 0.15) is 52.0 Å². The van der Waals surface area contributed by atoms with Crippen LogP contribution in [0.2, 0.25) is 5.02 Å². The number of halogens is 2. The summed E-state index contributed by atoms with van der Waals surface area (Å²) in [6, 6.07) is 8.20. The predicted octanol–water partition coefficient (Wildman–Crippen LogP) is 6.34. The second-order valence-electron chi connectivity index (χ2n) is 7.54. The molecule has 20 heavy (non-hydrogen) atoms. The lowest BCUT2D eigenvalue weighted by Crippen LogP contribution is -2.35. The molecule has 112 valence electrons. The second kappa shape index (κ2) is 6.28. The van der Waals surface area contributed by atoms with E-state index in [1.54, 1.807) is 0 Å². The van der Waals surface area contributed by atoms with Gasteiger partial charge in [-0.05, 0) is 60.5 Å². The first-order chi connectivity index (χ1) is 9.36. The molecule has 0 saturated heterocycles. The number of alkyl halides is 1. The standard InChI is InChI=1S/C18H26Cl2/c1-17(2,3)15-8-10-18(13-19,11-9-15)12-14-6-4-5-7-16(14)20/h4-7,15H,8-13H2,1-3H3. The van der Waals surface area contributed by atoms with Crippen LogP contribution in [0.15, 0.2) is 24.3 Å². The van der Waals surface area contributed by atoms with E-state index in [1.807, 2.05) is 12.1 Å². The van der Waals surface area contributed by atoms with E-state index in [-0.39, 0.29) is 5.41 Å². The molecule has 0 nitrogen and oxygen atoms in total. The first kappa shape index (κ1) is 16.2. The topological polar surface area (TPSA) is 0 Å². The van der Waals surface area contributed by atoms with Crippen LogP contribution in [0, 0.1) is 16.7 Å². The summed E-state index contributed by atoms with van der Waals surface area (Å²) in [4.78, 5) is 0. The summed E-state index contributed by atoms with van der Waals surface area (Å²) >= 11 is 12.7. The van der Waals surface area contributed by atoms with E-state index in [9.17, 15) is 0 Å². The average Bonchev–Trinajstić information content (AvgIpc) is 2.41. The maximum atomic E-state index is 6.36. The molecule has 0 amide bonds. The third-order valence-corrected chi connectivity index (χ3v) is 6.01. The highest BCUT2D eigenvalue weighted by atomic mass is 35.5. The zero-order valence-electron chi connectivity index (χ0n) is 12.9. The zero-order valence-corrected chi connectivity index (χ0v) is 14.4. The Kier molecular flexibility index (Phi) is 5.08. The van der Waals surface area contributed by atoms with E-state index in [1.165, 1.54) is 31.2 Å². The summed E-state index contributed by atoms with van der Waals surface area (Å²) in [6.07, 6.45) is 6.06. The summed E-state index contributed by atoms with van der Waals surface area (Å²) in [7, 11) is 0. The number of hydrogen-bond donors (Lipinski definition) is 0. The molecule has 2 heteroatoms. The smallest absolute Gasteiger partial charge is 0.0438 e. The van der Waals surface area contributed by atoms with Crippen LogP contribution in [0.3, 0.4) is 0 Å². The molecule has 0 heterocycles. The molecule has 1 aliphatic rings. The van der Waals surface area contributed by atoms with Gasteiger partial charge in [0, 0.05) is 10.9 Å². The molecule has 0 aliphatic heterocycles. The average molecular weight is 313 g/mol. The van der Waals surface area contributed by atoms with E-state index < -0.39 is 0 Å². The molecular formula is C18H26Cl2. The van der Waals surface area contributed by atoms with Crippen LogP contribution < -0.4 is 0 Å². The fourth-order valence-corrected chi connectivity index (χ4v) is 4.06. The van der Waals surface area contributed by atoms with Gasteiger partial charge in [0.1, 0.15) is 0 Å². The Morgan fingerprint density at radius 3 is 2.25 bits per heavy atom. The third-order valence-electron chi connectivity index (χ3n) is 5.08. The van der Waals surface area contributed by atoms with Crippen molar-refractivity contribution in [1.82, 2.24) is 0 Å². The fraction of sp³-hybridized carbons (Fsp3) is 0.667. The molecule has 1 aromatic carbocycles. The van der Waals surface area contributed by atoms with E-state index in [0.717, 1.165) is 23.2 Å². The largest absolute Gasteiger partial charge is 0.126 e. The number of rotatable bonds is 3. The Hall–Kier alpha value is -0.200. The predicted molar refractivity (Wildman–Crippen MR) is 89.7 cm³/mol. The van der Waals surface area contributed by atoms with Crippen molar-refractivity contribution < 1.29 is 0 Å². The van der Waals surface area contributed by atoms with Gasteiger partial charge in [0.2, 0.25) is 0 Å². The number of hydrogen-bond acceptors (Lipinski definition) is 0. The summed E-state index contributed by atoms with van der Waals surface area (Å²) in [5.74, 6) is 1.57. The van der Waals surface area contributed by atoms with Crippen molar-refractivity contribution in [2.45, 2.75) is 52.9 Å². The minimum absolute atomic E-state index is 0.244. The molecule has 0 bridgehead atoms. The molecule has 1 fully saturated rings. The molecule has 0 radical (unpaired) electrons. The maximum absolute atomic E-state index is 6.36. The van der Waals surface area contributed by atoms with Crippen molar-refractivity contribution in [2.75, 3.05) is 5.88 Å². The van der Waals surface area contributed by atoms with Gasteiger partial charge in [-0.2, -0.15) is 0 Å². The molecular weight excluding hydrogens is 287 g/mol. The van der Waals surface area contributed by atoms with Crippen molar-refractivity contribution >= 4 is 23.2 Å². The summed E-state index contributed by atoms with van der Waals surface area (Å²) in [6.45, 7) is 7.08. The molecule has 0 atom stereocenters. The molecule has 2 rings (SSSR count). The molecule has 0 N–H and O–H groups in total. The first-order valence-electron chi connectivity index (χ1n) is 7.66. The van der Waals surface area contributed by atoms with Gasteiger partial charge in [-0.15, -0.1) is 11.6 Å². The normalized spacial score (nSPS) is 27.6. The minimum Gasteiger partial charge on any atom is -0.126 e. The molecule has 1 aliphatic carbocycles. The van der Waals surface area contributed by atoms with Gasteiger partial charge in [-0.1, -0.05) is 50.6 Å². The van der Waals surface area contributed by atoms with Gasteiger partial charge >= 0.3 is 0 Å². The highest BCUT2D eigenvalue weighted by molar-refractivity contribution is 6.31. The lowest BCUT2D eigenvalue weighted by atomic mass is 9.63. The molecule has 0 spiro atoms. The van der Waals surface area contributed by atoms with Gasteiger partial charge in [0.25, 0.3) is 0 Å². The quantitative estimate of drug-likeness (QED) is 0.571. The first-order valence-corrected chi connectivity index (χ1v) is 8.57. The Bertz CT molecular complexity index is 437. The van der Waals surface area contributed by atoms with Crippen molar-refractivity contribution in [3.05, 3.63) is 34.9 Å². The molecule has 0 aromatic heterocycles. The van der Waals surface area contributed by atoms with Crippen LogP contribution in [0.5, 0.6) is 0 Å². The zero-order chi connectivity index (χ0) is 14.8. The van der Waals surface area contributed by atoms with Gasteiger partial charge in [-0.3, -0.25) is 0 Å². The maximum Gasteiger partial charge on any atom is 0.0438 e. The third kappa shape index (κ3) is 3.71. The lowest BCUT2D eigenvalue weighted by molar-refractivity contribution is 0.102. The highest BCUT2D eigenvalue weighted by Gasteiger charge is 2.38. The lowest BCUT2D eigenvalue weighted by Gasteiger charge is -2.43. The molecule has 0 unspecified atom stereocenters. The van der Waals surface area contributed by atoms with Crippen LogP contribution in [0.25, 0.3) is 0 Å². The van der Waals surface area contributed by atoms with Crippen molar-refractivity contribution in [3.63, 3.8) is 0 Å². The van der Waals surface area contributed by atoms with Crippen LogP contribution in [0.4, 0.5) is 0 Å². The molecule has 1 saturated carbocycles. The Labute approximate surface area is 133 Å².